The van der Waals surface area contributed by atoms with Crippen LogP contribution >= 0.6 is 11.3 Å². The molecule has 1 fully saturated rings. The largest absolute Gasteiger partial charge is 0.469 e. The number of benzene rings is 1. The second kappa shape index (κ2) is 10.6. The van der Waals surface area contributed by atoms with E-state index in [4.69, 9.17) is 10.5 Å². The zero-order valence-electron chi connectivity index (χ0n) is 20.5. The van der Waals surface area contributed by atoms with Gasteiger partial charge in [0.2, 0.25) is 15.9 Å². The van der Waals surface area contributed by atoms with E-state index in [1.54, 1.807) is 4.90 Å². The van der Waals surface area contributed by atoms with Crippen molar-refractivity contribution in [3.05, 3.63) is 45.8 Å². The number of nitrogens with two attached hydrogens (primary N) is 1. The molecule has 0 bridgehead atoms. The Morgan fingerprint density at radius 2 is 1.73 bits per heavy atom. The molecule has 13 heteroatoms. The Balaban J connectivity index is 1.48. The van der Waals surface area contributed by atoms with Crippen molar-refractivity contribution in [2.45, 2.75) is 37.6 Å². The Morgan fingerprint density at radius 3 is 2.30 bits per heavy atom. The number of hydrogen-bond acceptors (Lipinski definition) is 8. The highest BCUT2D eigenvalue weighted by Crippen LogP contribution is 2.37. The molecule has 2 aliphatic heterocycles. The molecular formula is C24H28N4O7S2. The molecule has 3 N–H and O–H groups in total. The Kier molecular flexibility index (Phi) is 7.67. The van der Waals surface area contributed by atoms with Gasteiger partial charge in [0.25, 0.3) is 11.8 Å². The molecule has 11 nitrogen and oxygen atoms in total. The van der Waals surface area contributed by atoms with Gasteiger partial charge in [0, 0.05) is 37.0 Å². The summed E-state index contributed by atoms with van der Waals surface area (Å²) < 4.78 is 32.2. The van der Waals surface area contributed by atoms with Crippen molar-refractivity contribution in [2.24, 2.45) is 11.7 Å². The van der Waals surface area contributed by atoms with E-state index in [2.05, 4.69) is 5.32 Å². The van der Waals surface area contributed by atoms with Crippen molar-refractivity contribution in [3.8, 4) is 0 Å². The molecule has 3 amide bonds. The highest BCUT2D eigenvalue weighted by atomic mass is 32.2. The summed E-state index contributed by atoms with van der Waals surface area (Å²) in [4.78, 5) is 51.1. The van der Waals surface area contributed by atoms with Gasteiger partial charge in [0.1, 0.15) is 5.00 Å². The molecule has 4 rings (SSSR count). The molecular weight excluding hydrogens is 520 g/mol. The van der Waals surface area contributed by atoms with Crippen LogP contribution < -0.4 is 11.1 Å². The maximum atomic E-state index is 13.0. The van der Waals surface area contributed by atoms with E-state index in [1.807, 2.05) is 0 Å². The number of carbonyl (C=O) groups excluding carboxylic acids is 4. The SMILES string of the molecule is COC(=O)C1CCN(S(=O)(=O)c2ccc(C(=O)Nc3sc4c(c3C(N)=O)CCN(C(C)=O)C4)cc2)CC1. The van der Waals surface area contributed by atoms with E-state index in [1.165, 1.54) is 53.9 Å². The number of hydrogen-bond donors (Lipinski definition) is 2. The van der Waals surface area contributed by atoms with E-state index in [-0.39, 0.29) is 46.9 Å². The number of anilines is 1. The van der Waals surface area contributed by atoms with Crippen molar-refractivity contribution in [3.63, 3.8) is 0 Å². The molecule has 1 saturated heterocycles. The van der Waals surface area contributed by atoms with E-state index in [0.29, 0.717) is 37.4 Å². The lowest BCUT2D eigenvalue weighted by atomic mass is 9.99. The molecule has 1 aromatic carbocycles. The Morgan fingerprint density at radius 1 is 1.08 bits per heavy atom. The molecule has 1 aromatic heterocycles. The predicted octanol–water partition coefficient (Wildman–Crippen LogP) is 1.58. The van der Waals surface area contributed by atoms with Crippen molar-refractivity contribution in [1.29, 1.82) is 0 Å². The van der Waals surface area contributed by atoms with E-state index in [0.717, 1.165) is 10.4 Å². The van der Waals surface area contributed by atoms with Crippen LogP contribution in [-0.2, 0) is 37.3 Å². The fraction of sp³-hybridized carbons (Fsp3) is 0.417. The number of sulfonamides is 1. The Bertz CT molecular complexity index is 1340. The number of rotatable bonds is 6. The number of nitrogens with zero attached hydrogens (tertiary/aromatic N) is 2. The molecule has 0 aliphatic carbocycles. The third kappa shape index (κ3) is 5.38. The number of fused-ring (bicyclic) bond motifs is 1. The number of ether oxygens (including phenoxy) is 1. The van der Waals surface area contributed by atoms with E-state index in [9.17, 15) is 27.6 Å². The highest BCUT2D eigenvalue weighted by molar-refractivity contribution is 7.89. The van der Waals surface area contributed by atoms with Gasteiger partial charge >= 0.3 is 5.97 Å². The van der Waals surface area contributed by atoms with Gasteiger partial charge in [-0.1, -0.05) is 0 Å². The van der Waals surface area contributed by atoms with Crippen LogP contribution in [0.2, 0.25) is 0 Å². The smallest absolute Gasteiger partial charge is 0.308 e. The summed E-state index contributed by atoms with van der Waals surface area (Å²) in [7, 11) is -2.48. The summed E-state index contributed by atoms with van der Waals surface area (Å²) in [6.07, 6.45) is 1.22. The summed E-state index contributed by atoms with van der Waals surface area (Å²) in [6.45, 7) is 2.68. The molecule has 0 spiro atoms. The number of piperidine rings is 1. The minimum atomic E-state index is -3.79. The second-order valence-corrected chi connectivity index (χ2v) is 12.0. The van der Waals surface area contributed by atoms with Gasteiger partial charge in [-0.05, 0) is 49.1 Å². The minimum absolute atomic E-state index is 0.0364. The predicted molar refractivity (Wildman–Crippen MR) is 136 cm³/mol. The molecule has 198 valence electrons. The number of thiophene rings is 1. The zero-order chi connectivity index (χ0) is 26.9. The second-order valence-electron chi connectivity index (χ2n) is 8.94. The average molecular weight is 549 g/mol. The summed E-state index contributed by atoms with van der Waals surface area (Å²) in [6, 6.07) is 5.52. The monoisotopic (exact) mass is 548 g/mol. The lowest BCUT2D eigenvalue weighted by Crippen LogP contribution is -2.40. The standard InChI is InChI=1S/C24H28N4O7S2/c1-14(29)27-10-9-18-19(13-27)36-23(20(18)21(25)30)26-22(31)15-3-5-17(6-4-15)37(33,34)28-11-7-16(8-12-28)24(32)35-2/h3-6,16H,7-13H2,1-2H3,(H2,25,30)(H,26,31). The molecule has 3 heterocycles. The average Bonchev–Trinajstić information content (AvgIpc) is 3.25. The van der Waals surface area contributed by atoms with Crippen LogP contribution in [0, 0.1) is 5.92 Å². The van der Waals surface area contributed by atoms with Crippen molar-refractivity contribution >= 4 is 50.1 Å². The van der Waals surface area contributed by atoms with Crippen LogP contribution in [0.4, 0.5) is 5.00 Å². The number of nitrogens with one attached hydrogen (secondary N) is 1. The van der Waals surface area contributed by atoms with Crippen LogP contribution in [0.15, 0.2) is 29.2 Å². The topological polar surface area (TPSA) is 156 Å². The van der Waals surface area contributed by atoms with Gasteiger partial charge in [-0.25, -0.2) is 8.42 Å². The zero-order valence-corrected chi connectivity index (χ0v) is 22.1. The maximum Gasteiger partial charge on any atom is 0.308 e. The number of esters is 1. The Labute approximate surface area is 218 Å². The first kappa shape index (κ1) is 26.8. The number of amides is 3. The fourth-order valence-corrected chi connectivity index (χ4v) is 7.36. The van der Waals surface area contributed by atoms with Crippen LogP contribution in [0.25, 0.3) is 0 Å². The van der Waals surface area contributed by atoms with Crippen LogP contribution in [0.3, 0.4) is 0 Å². The number of carbonyl (C=O) groups is 4. The highest BCUT2D eigenvalue weighted by Gasteiger charge is 2.33. The lowest BCUT2D eigenvalue weighted by Gasteiger charge is -2.29. The van der Waals surface area contributed by atoms with E-state index < -0.39 is 21.8 Å². The third-order valence-electron chi connectivity index (χ3n) is 6.72. The number of methoxy groups -OCH3 is 1. The summed E-state index contributed by atoms with van der Waals surface area (Å²) in [5.41, 5.74) is 6.79. The van der Waals surface area contributed by atoms with Gasteiger partial charge in [-0.2, -0.15) is 4.31 Å². The molecule has 0 atom stereocenters. The first-order valence-corrected chi connectivity index (χ1v) is 14.0. The van der Waals surface area contributed by atoms with Crippen LogP contribution in [-0.4, -0.2) is 68.1 Å². The molecule has 0 radical (unpaired) electrons. The van der Waals surface area contributed by atoms with Gasteiger partial charge in [0.05, 0.1) is 30.0 Å². The molecule has 2 aliphatic rings. The lowest BCUT2D eigenvalue weighted by molar-refractivity contribution is -0.146. The minimum Gasteiger partial charge on any atom is -0.469 e. The van der Waals surface area contributed by atoms with Crippen molar-refractivity contribution in [2.75, 3.05) is 32.1 Å². The first-order chi connectivity index (χ1) is 17.5. The van der Waals surface area contributed by atoms with Gasteiger partial charge in [-0.3, -0.25) is 19.2 Å². The maximum absolute atomic E-state index is 13.0. The first-order valence-electron chi connectivity index (χ1n) is 11.7. The molecule has 2 aromatic rings. The quantitative estimate of drug-likeness (QED) is 0.519. The van der Waals surface area contributed by atoms with Crippen LogP contribution in [0.1, 0.15) is 50.9 Å². The molecule has 0 unspecified atom stereocenters. The van der Waals surface area contributed by atoms with E-state index >= 15 is 0 Å². The molecule has 0 saturated carbocycles. The normalized spacial score (nSPS) is 16.6. The summed E-state index contributed by atoms with van der Waals surface area (Å²) in [5, 5.41) is 3.03. The van der Waals surface area contributed by atoms with Gasteiger partial charge in [0.15, 0.2) is 0 Å². The summed E-state index contributed by atoms with van der Waals surface area (Å²) in [5.74, 6) is -1.92. The summed E-state index contributed by atoms with van der Waals surface area (Å²) >= 11 is 1.20. The molecule has 37 heavy (non-hydrogen) atoms. The van der Waals surface area contributed by atoms with Crippen molar-refractivity contribution in [1.82, 2.24) is 9.21 Å². The third-order valence-corrected chi connectivity index (χ3v) is 9.76. The van der Waals surface area contributed by atoms with Crippen LogP contribution in [0.5, 0.6) is 0 Å². The number of primary amides is 1. The van der Waals surface area contributed by atoms with Crippen molar-refractivity contribution < 1.29 is 32.3 Å². The van der Waals surface area contributed by atoms with Gasteiger partial charge < -0.3 is 20.7 Å². The Hall–Kier alpha value is -3.29. The van der Waals surface area contributed by atoms with Gasteiger partial charge in [-0.15, -0.1) is 11.3 Å². The fourth-order valence-electron chi connectivity index (χ4n) is 4.62.